The van der Waals surface area contributed by atoms with Gasteiger partial charge in [-0.25, -0.2) is 0 Å². The topological polar surface area (TPSA) is 20.3 Å². The molecule has 0 bridgehead atoms. The summed E-state index contributed by atoms with van der Waals surface area (Å²) in [5.74, 6) is 0.328. The Bertz CT molecular complexity index is 157. The second kappa shape index (κ2) is 12.7. The minimum Gasteiger partial charge on any atom is -0.303 e. The summed E-state index contributed by atoms with van der Waals surface area (Å²) in [6, 6.07) is 0.669. The molecule has 1 saturated heterocycles. The van der Waals surface area contributed by atoms with Gasteiger partial charge in [0.2, 0.25) is 0 Å². The smallest absolute Gasteiger partial charge is 0.129 e. The Hall–Kier alpha value is -0.370. The maximum atomic E-state index is 10.8. The van der Waals surface area contributed by atoms with E-state index < -0.39 is 0 Å². The third kappa shape index (κ3) is 8.90. The van der Waals surface area contributed by atoms with Crippen LogP contribution in [0, 0.1) is 0 Å². The van der Waals surface area contributed by atoms with Gasteiger partial charge in [0.1, 0.15) is 5.78 Å². The van der Waals surface area contributed by atoms with Gasteiger partial charge in [0.15, 0.2) is 0 Å². The van der Waals surface area contributed by atoms with Crippen molar-refractivity contribution in [2.75, 3.05) is 13.6 Å². The SMILES string of the molecule is CC.CC.CC(=O)CCC1CCCCN1C. The molecule has 0 aromatic heterocycles. The average molecular weight is 229 g/mol. The second-order valence-corrected chi connectivity index (χ2v) is 3.87. The van der Waals surface area contributed by atoms with Gasteiger partial charge < -0.3 is 9.69 Å². The van der Waals surface area contributed by atoms with Gasteiger partial charge in [-0.3, -0.25) is 0 Å². The van der Waals surface area contributed by atoms with E-state index in [2.05, 4.69) is 11.9 Å². The number of likely N-dealkylation sites (tertiary alicyclic amines) is 1. The Morgan fingerprint density at radius 1 is 1.19 bits per heavy atom. The highest BCUT2D eigenvalue weighted by molar-refractivity contribution is 5.75. The molecular formula is C14H31NO. The van der Waals surface area contributed by atoms with Crippen LogP contribution in [0.2, 0.25) is 0 Å². The van der Waals surface area contributed by atoms with E-state index in [4.69, 9.17) is 0 Å². The first-order valence-corrected chi connectivity index (χ1v) is 6.90. The molecule has 98 valence electrons. The van der Waals surface area contributed by atoms with E-state index in [9.17, 15) is 4.79 Å². The molecule has 1 fully saturated rings. The fraction of sp³-hybridized carbons (Fsp3) is 0.929. The van der Waals surface area contributed by atoms with Crippen molar-refractivity contribution in [3.63, 3.8) is 0 Å². The quantitative estimate of drug-likeness (QED) is 0.731. The molecule has 0 amide bonds. The lowest BCUT2D eigenvalue weighted by Crippen LogP contribution is -2.36. The maximum Gasteiger partial charge on any atom is 0.129 e. The molecular weight excluding hydrogens is 198 g/mol. The van der Waals surface area contributed by atoms with E-state index in [0.717, 1.165) is 12.8 Å². The number of rotatable bonds is 3. The number of carbonyl (C=O) groups excluding carboxylic acids is 1. The summed E-state index contributed by atoms with van der Waals surface area (Å²) >= 11 is 0. The number of hydrogen-bond donors (Lipinski definition) is 0. The van der Waals surface area contributed by atoms with Crippen LogP contribution in [0.25, 0.3) is 0 Å². The van der Waals surface area contributed by atoms with E-state index in [-0.39, 0.29) is 0 Å². The molecule has 0 saturated carbocycles. The van der Waals surface area contributed by atoms with Crippen LogP contribution in [0.15, 0.2) is 0 Å². The fourth-order valence-corrected chi connectivity index (χ4v) is 1.88. The fourth-order valence-electron chi connectivity index (χ4n) is 1.88. The number of nitrogens with zero attached hydrogens (tertiary/aromatic N) is 1. The van der Waals surface area contributed by atoms with Crippen LogP contribution in [0.4, 0.5) is 0 Å². The van der Waals surface area contributed by atoms with Crippen LogP contribution in [0.1, 0.15) is 66.7 Å². The van der Waals surface area contributed by atoms with Crippen LogP contribution in [0.3, 0.4) is 0 Å². The lowest BCUT2D eigenvalue weighted by Gasteiger charge is -2.32. The summed E-state index contributed by atoms with van der Waals surface area (Å²) in [7, 11) is 2.17. The van der Waals surface area contributed by atoms with Crippen molar-refractivity contribution < 1.29 is 4.79 Å². The predicted octanol–water partition coefficient (Wildman–Crippen LogP) is 3.89. The summed E-state index contributed by atoms with van der Waals surface area (Å²) in [5, 5.41) is 0. The number of carbonyl (C=O) groups is 1. The van der Waals surface area contributed by atoms with E-state index in [1.165, 1.54) is 25.8 Å². The molecule has 0 aromatic carbocycles. The molecule has 1 atom stereocenters. The Morgan fingerprint density at radius 2 is 1.75 bits per heavy atom. The van der Waals surface area contributed by atoms with Gasteiger partial charge in [0, 0.05) is 12.5 Å². The zero-order valence-corrected chi connectivity index (χ0v) is 12.2. The van der Waals surface area contributed by atoms with Gasteiger partial charge in [-0.1, -0.05) is 34.1 Å². The summed E-state index contributed by atoms with van der Waals surface area (Å²) in [6.45, 7) is 10.9. The summed E-state index contributed by atoms with van der Waals surface area (Å²) < 4.78 is 0. The van der Waals surface area contributed by atoms with Crippen molar-refractivity contribution >= 4 is 5.78 Å². The number of Topliss-reactive ketones (excluding diaryl/α,β-unsaturated/α-hetero) is 1. The van der Waals surface area contributed by atoms with Gasteiger partial charge in [0.25, 0.3) is 0 Å². The van der Waals surface area contributed by atoms with Crippen molar-refractivity contribution in [2.45, 2.75) is 72.8 Å². The molecule has 1 unspecified atom stereocenters. The highest BCUT2D eigenvalue weighted by atomic mass is 16.1. The van der Waals surface area contributed by atoms with Crippen LogP contribution in [-0.4, -0.2) is 30.3 Å². The van der Waals surface area contributed by atoms with Gasteiger partial charge in [-0.2, -0.15) is 0 Å². The lowest BCUT2D eigenvalue weighted by molar-refractivity contribution is -0.117. The molecule has 0 aromatic rings. The van der Waals surface area contributed by atoms with Crippen molar-refractivity contribution in [3.05, 3.63) is 0 Å². The van der Waals surface area contributed by atoms with Crippen LogP contribution in [-0.2, 0) is 4.79 Å². The molecule has 16 heavy (non-hydrogen) atoms. The number of ketones is 1. The predicted molar refractivity (Wildman–Crippen MR) is 72.9 cm³/mol. The lowest BCUT2D eigenvalue weighted by atomic mass is 9.98. The average Bonchev–Trinajstić information content (AvgIpc) is 2.33. The van der Waals surface area contributed by atoms with E-state index in [1.54, 1.807) is 6.92 Å². The van der Waals surface area contributed by atoms with E-state index in [0.29, 0.717) is 11.8 Å². The van der Waals surface area contributed by atoms with Crippen molar-refractivity contribution in [1.29, 1.82) is 0 Å². The van der Waals surface area contributed by atoms with E-state index in [1.807, 2.05) is 27.7 Å². The van der Waals surface area contributed by atoms with Crippen LogP contribution >= 0.6 is 0 Å². The Labute approximate surface area is 102 Å². The monoisotopic (exact) mass is 229 g/mol. The zero-order valence-electron chi connectivity index (χ0n) is 12.2. The molecule has 1 heterocycles. The summed E-state index contributed by atoms with van der Waals surface area (Å²) in [6.07, 6.45) is 5.77. The largest absolute Gasteiger partial charge is 0.303 e. The first-order valence-electron chi connectivity index (χ1n) is 6.90. The second-order valence-electron chi connectivity index (χ2n) is 3.87. The molecule has 2 nitrogen and oxygen atoms in total. The third-order valence-corrected chi connectivity index (χ3v) is 2.75. The summed E-state index contributed by atoms with van der Waals surface area (Å²) in [4.78, 5) is 13.2. The van der Waals surface area contributed by atoms with Crippen LogP contribution in [0.5, 0.6) is 0 Å². The van der Waals surface area contributed by atoms with Crippen molar-refractivity contribution in [2.24, 2.45) is 0 Å². The van der Waals surface area contributed by atoms with Gasteiger partial charge >= 0.3 is 0 Å². The normalized spacial score (nSPS) is 20.0. The highest BCUT2D eigenvalue weighted by Crippen LogP contribution is 2.18. The molecule has 0 radical (unpaired) electrons. The molecule has 1 rings (SSSR count). The van der Waals surface area contributed by atoms with Gasteiger partial charge in [-0.05, 0) is 39.8 Å². The minimum atomic E-state index is 0.328. The number of hydrogen-bond acceptors (Lipinski definition) is 2. The first kappa shape index (κ1) is 18.0. The summed E-state index contributed by atoms with van der Waals surface area (Å²) in [5.41, 5.74) is 0. The van der Waals surface area contributed by atoms with Crippen molar-refractivity contribution in [3.8, 4) is 0 Å². The zero-order chi connectivity index (χ0) is 13.0. The van der Waals surface area contributed by atoms with E-state index >= 15 is 0 Å². The molecule has 2 heteroatoms. The minimum absolute atomic E-state index is 0.328. The Kier molecular flexibility index (Phi) is 14.3. The number of piperidine rings is 1. The standard InChI is InChI=1S/C10H19NO.2C2H6/c1-9(12)6-7-10-5-3-4-8-11(10)2;2*1-2/h10H,3-8H2,1-2H3;2*1-2H3. The maximum absolute atomic E-state index is 10.8. The van der Waals surface area contributed by atoms with Crippen molar-refractivity contribution in [1.82, 2.24) is 4.90 Å². The molecule has 0 N–H and O–H groups in total. The first-order chi connectivity index (χ1) is 7.70. The van der Waals surface area contributed by atoms with Crippen LogP contribution < -0.4 is 0 Å². The Balaban J connectivity index is 0. The molecule has 1 aliphatic rings. The van der Waals surface area contributed by atoms with Gasteiger partial charge in [-0.15, -0.1) is 0 Å². The van der Waals surface area contributed by atoms with Gasteiger partial charge in [0.05, 0.1) is 0 Å². The Morgan fingerprint density at radius 3 is 2.19 bits per heavy atom. The highest BCUT2D eigenvalue weighted by Gasteiger charge is 2.18. The molecule has 0 spiro atoms. The third-order valence-electron chi connectivity index (χ3n) is 2.75. The molecule has 0 aliphatic carbocycles. The molecule has 1 aliphatic heterocycles.